The fourth-order valence-electron chi connectivity index (χ4n) is 5.85. The number of carbonyl (C=O) groups is 1. The molecule has 0 spiro atoms. The third-order valence-electron chi connectivity index (χ3n) is 9.94. The van der Waals surface area contributed by atoms with Crippen molar-refractivity contribution in [3.05, 3.63) is 167 Å². The van der Waals surface area contributed by atoms with Gasteiger partial charge in [-0.1, -0.05) is 239 Å². The van der Waals surface area contributed by atoms with Gasteiger partial charge in [-0.15, -0.1) is 4.13 Å². The van der Waals surface area contributed by atoms with Crippen molar-refractivity contribution in [1.82, 2.24) is 8.85 Å². The Labute approximate surface area is 468 Å². The van der Waals surface area contributed by atoms with E-state index in [-0.39, 0.29) is 61.0 Å². The molecule has 1 amide bonds. The van der Waals surface area contributed by atoms with Crippen LogP contribution in [0.4, 0.5) is 0 Å². The highest BCUT2D eigenvalue weighted by atomic mass is 32.3. The number of sulfonamides is 3. The molecule has 0 saturated carbocycles. The molecule has 0 aliphatic carbocycles. The summed E-state index contributed by atoms with van der Waals surface area (Å²) in [7, 11) is -11.1. The van der Waals surface area contributed by atoms with E-state index in [2.05, 4.69) is 126 Å². The van der Waals surface area contributed by atoms with E-state index in [0.717, 1.165) is 57.1 Å². The Morgan fingerprint density at radius 1 is 0.467 bits per heavy atom. The molecule has 5 aromatic rings. The van der Waals surface area contributed by atoms with Crippen molar-refractivity contribution >= 4 is 48.6 Å². The number of amides is 1. The molecule has 0 aromatic heterocycles. The van der Waals surface area contributed by atoms with Crippen LogP contribution in [0.1, 0.15) is 184 Å². The van der Waals surface area contributed by atoms with Crippen molar-refractivity contribution in [1.29, 1.82) is 0 Å². The van der Waals surface area contributed by atoms with Crippen molar-refractivity contribution in [2.24, 2.45) is 0 Å². The van der Waals surface area contributed by atoms with Crippen LogP contribution in [0.5, 0.6) is 5.75 Å². The zero-order valence-corrected chi connectivity index (χ0v) is 45.8. The predicted molar refractivity (Wildman–Crippen MR) is 334 cm³/mol. The molecule has 0 unspecified atom stereocenters. The second-order valence-electron chi connectivity index (χ2n) is 16.2. The summed E-state index contributed by atoms with van der Waals surface area (Å²) in [5, 5.41) is 8.85. The second kappa shape index (κ2) is 50.4. The number of phenolic OH excluding ortho intramolecular Hbond substituents is 1. The number of nitrogens with one attached hydrogen (secondary N) is 2. The first-order valence-electron chi connectivity index (χ1n) is 24.2. The Morgan fingerprint density at radius 3 is 1.19 bits per heavy atom. The van der Waals surface area contributed by atoms with Crippen molar-refractivity contribution in [3.8, 4) is 5.75 Å². The van der Waals surface area contributed by atoms with E-state index in [9.17, 15) is 30.0 Å². The van der Waals surface area contributed by atoms with Crippen LogP contribution in [-0.2, 0) is 60.5 Å². The summed E-state index contributed by atoms with van der Waals surface area (Å²) in [5.74, 6) is 0.736. The third-order valence-corrected chi connectivity index (χ3v) is 15.3. The number of thiol groups is 1. The average Bonchev–Trinajstić information content (AvgIpc) is 3.32. The van der Waals surface area contributed by atoms with Gasteiger partial charge >= 0.3 is 0 Å². The van der Waals surface area contributed by atoms with E-state index in [1.807, 2.05) is 30.7 Å². The summed E-state index contributed by atoms with van der Waals surface area (Å²) in [4.78, 5) is 10.3. The number of rotatable bonds is 20. The first kappa shape index (κ1) is 84.5. The van der Waals surface area contributed by atoms with E-state index in [1.165, 1.54) is 83.8 Å². The Morgan fingerprint density at radius 2 is 0.813 bits per heavy atom. The van der Waals surface area contributed by atoms with Crippen molar-refractivity contribution < 1.29 is 35.2 Å². The summed E-state index contributed by atoms with van der Waals surface area (Å²) in [6.07, 6.45) is 12.8. The molecule has 0 aliphatic rings. The van der Waals surface area contributed by atoms with Crippen LogP contribution >= 0.6 is 12.6 Å². The first-order chi connectivity index (χ1) is 32.8. The topological polar surface area (TPSA) is 164 Å². The normalized spacial score (nSPS) is 9.83. The molecule has 0 saturated heterocycles. The number of carbonyl (C=O) groups excluding carboxylic acids is 1. The number of phenols is 1. The van der Waals surface area contributed by atoms with Gasteiger partial charge in [0.1, 0.15) is 5.75 Å². The van der Waals surface area contributed by atoms with Gasteiger partial charge in [0.05, 0.1) is 16.4 Å². The van der Waals surface area contributed by atoms with Crippen LogP contribution < -0.4 is 8.85 Å². The molecule has 10 nitrogen and oxygen atoms in total. The molecule has 0 aliphatic heterocycles. The number of aryl methyl sites for hydroxylation is 4. The Kier molecular flexibility index (Phi) is 56.7. The van der Waals surface area contributed by atoms with E-state index in [4.69, 9.17) is 5.11 Å². The molecular weight excluding hydrogens is 1020 g/mol. The van der Waals surface area contributed by atoms with E-state index >= 15 is 0 Å². The molecular formula is C61H106N2O8S4. The number of aromatic hydroxyl groups is 1. The number of unbranched alkanes of at least 4 members (excludes halogenated alkanes) is 6. The van der Waals surface area contributed by atoms with Crippen LogP contribution in [0.25, 0.3) is 0 Å². The lowest BCUT2D eigenvalue weighted by molar-refractivity contribution is -0.117. The molecule has 5 rings (SSSR count). The van der Waals surface area contributed by atoms with Crippen LogP contribution in [0.15, 0.2) is 138 Å². The summed E-state index contributed by atoms with van der Waals surface area (Å²) >= 11 is 4.05. The standard InChI is InChI=1S/C15H16.C11H17NO4S2.C9H12.C8H10O.C7H15NO3S.C5H12S.6CH4/c1-2-13-8-10-15(11-9-13)12-14-6-4-3-5-7-14;1-2-3-7-10-17(13,14)12-18(15,16)11-8-5-4-6-9-11;1-3-9-6-4-8(2)5-7-9;1-2-7-3-5-8(9)6-4-7;1-3-4-5-6-12(10,11)8-7(2)9;1-2-3-4-5-6;;;;;;/h3-11H,2,12H2,1H3;4-6,8-9,12H,2-3,7,10H2,1H3;4-7H,3H2,1-2H3;3-6,9H,2H2,1H3;3-6H2,1-2H3,(H,8,9);6H,2-5H2,1H3;6*1H4. The third kappa shape index (κ3) is 45.4. The molecule has 0 radical (unpaired) electrons. The predicted octanol–water partition coefficient (Wildman–Crippen LogP) is 16.4. The minimum absolute atomic E-state index is 0. The van der Waals surface area contributed by atoms with Gasteiger partial charge < -0.3 is 5.11 Å². The highest BCUT2D eigenvalue weighted by Gasteiger charge is 2.22. The number of hydrogen-bond acceptors (Lipinski definition) is 9. The maximum Gasteiger partial charge on any atom is 0.253 e. The van der Waals surface area contributed by atoms with Gasteiger partial charge in [-0.2, -0.15) is 12.6 Å². The molecule has 5 aromatic carbocycles. The van der Waals surface area contributed by atoms with Gasteiger partial charge in [-0.25, -0.2) is 25.3 Å². The monoisotopic (exact) mass is 1120 g/mol. The van der Waals surface area contributed by atoms with Crippen LogP contribution in [0.3, 0.4) is 0 Å². The van der Waals surface area contributed by atoms with E-state index in [1.54, 1.807) is 22.3 Å². The highest BCUT2D eigenvalue weighted by molar-refractivity contribution is 8.04. The molecule has 0 atom stereocenters. The second-order valence-corrected chi connectivity index (χ2v) is 22.3. The summed E-state index contributed by atoms with van der Waals surface area (Å²) in [6.45, 7) is 15.9. The largest absolute Gasteiger partial charge is 0.508 e. The minimum atomic E-state index is -3.99. The lowest BCUT2D eigenvalue weighted by Gasteiger charge is -2.07. The molecule has 0 fully saturated rings. The molecule has 3 N–H and O–H groups in total. The van der Waals surface area contributed by atoms with Gasteiger partial charge in [0.25, 0.3) is 10.0 Å². The summed E-state index contributed by atoms with van der Waals surface area (Å²) in [6, 6.07) is 42.9. The maximum absolute atomic E-state index is 11.8. The van der Waals surface area contributed by atoms with E-state index in [0.29, 0.717) is 18.6 Å². The quantitative estimate of drug-likeness (QED) is 0.0442. The van der Waals surface area contributed by atoms with Gasteiger partial charge in [-0.3, -0.25) is 9.52 Å². The Balaban J connectivity index is -0.000000150. The summed E-state index contributed by atoms with van der Waals surface area (Å²) in [5.41, 5.74) is 8.19. The van der Waals surface area contributed by atoms with Crippen molar-refractivity contribution in [2.45, 2.75) is 188 Å². The minimum Gasteiger partial charge on any atom is -0.508 e. The summed E-state index contributed by atoms with van der Waals surface area (Å²) < 4.78 is 72.4. The average molecular weight is 1120 g/mol. The van der Waals surface area contributed by atoms with Crippen molar-refractivity contribution in [2.75, 3.05) is 17.3 Å². The SMILES string of the molecule is C.C.C.C.C.C.CCCCCS.CCCCCS(=O)(=O)NC(C)=O.CCCCCS(=O)(=O)NS(=O)(=O)c1ccccc1.CCc1ccc(C)cc1.CCc1ccc(Cc2ccccc2)cc1.CCc1ccc(O)cc1. The molecule has 75 heavy (non-hydrogen) atoms. The van der Waals surface area contributed by atoms with Crippen molar-refractivity contribution in [3.63, 3.8) is 0 Å². The fourth-order valence-corrected chi connectivity index (χ4v) is 10.4. The van der Waals surface area contributed by atoms with Crippen LogP contribution in [0.2, 0.25) is 0 Å². The molecule has 14 heteroatoms. The lowest BCUT2D eigenvalue weighted by atomic mass is 10.0. The van der Waals surface area contributed by atoms with Gasteiger partial charge in [0.2, 0.25) is 26.0 Å². The van der Waals surface area contributed by atoms with Gasteiger partial charge in [0, 0.05) is 6.92 Å². The van der Waals surface area contributed by atoms with Crippen LogP contribution in [-0.4, -0.2) is 53.5 Å². The number of benzene rings is 5. The smallest absolute Gasteiger partial charge is 0.253 e. The molecule has 0 bridgehead atoms. The zero-order valence-electron chi connectivity index (χ0n) is 42.5. The van der Waals surface area contributed by atoms with E-state index < -0.39 is 36.0 Å². The lowest BCUT2D eigenvalue weighted by Crippen LogP contribution is -2.32. The molecule has 432 valence electrons. The first-order valence-corrected chi connectivity index (χ1v) is 29.6. The van der Waals surface area contributed by atoms with Crippen LogP contribution in [0, 0.1) is 6.92 Å². The Hall–Kier alpha value is -4.47. The number of hydrogen-bond donors (Lipinski definition) is 4. The van der Waals surface area contributed by atoms with Gasteiger partial charge in [-0.05, 0) is 110 Å². The van der Waals surface area contributed by atoms with Gasteiger partial charge in [0.15, 0.2) is 0 Å². The fraction of sp³-hybridized carbons (Fsp3) is 0.492. The highest BCUT2D eigenvalue weighted by Crippen LogP contribution is 2.12. The zero-order chi connectivity index (χ0) is 52.0. The molecule has 0 heterocycles. The Bertz CT molecular complexity index is 2330. The maximum atomic E-state index is 11.8.